The molecule has 1 fully saturated rings. The number of nitrogens with one attached hydrogen (secondary N) is 1. The lowest BCUT2D eigenvalue weighted by Gasteiger charge is -2.19. The van der Waals surface area contributed by atoms with Crippen molar-refractivity contribution < 1.29 is 18.4 Å². The Morgan fingerprint density at radius 1 is 1.03 bits per heavy atom. The van der Waals surface area contributed by atoms with Gasteiger partial charge in [-0.1, -0.05) is 52.5 Å². The second-order valence-electron chi connectivity index (χ2n) is 8.28. The van der Waals surface area contributed by atoms with Crippen molar-refractivity contribution in [2.75, 3.05) is 23.8 Å². The molecule has 0 bridgehead atoms. The summed E-state index contributed by atoms with van der Waals surface area (Å²) >= 11 is 25.1. The van der Waals surface area contributed by atoms with Crippen LogP contribution in [0.25, 0.3) is 0 Å². The largest absolute Gasteiger partial charge is 0.384 e. The Labute approximate surface area is 220 Å². The van der Waals surface area contributed by atoms with Crippen LogP contribution in [0.2, 0.25) is 10.0 Å². The third kappa shape index (κ3) is 4.60. The number of carbonyl (C=O) groups excluding carboxylic acids is 2. The highest BCUT2D eigenvalue weighted by Crippen LogP contribution is 2.73. The van der Waals surface area contributed by atoms with Gasteiger partial charge < -0.3 is 15.0 Å². The molecule has 35 heavy (non-hydrogen) atoms. The fourth-order valence-corrected chi connectivity index (χ4v) is 5.37. The quantitative estimate of drug-likeness (QED) is 0.248. The Morgan fingerprint density at radius 2 is 1.71 bits per heavy atom. The average Bonchev–Trinajstić information content (AvgIpc) is 3.34. The van der Waals surface area contributed by atoms with Crippen LogP contribution in [0.5, 0.6) is 0 Å². The molecular formula is C25H18Cl4F2N2O2. The topological polar surface area (TPSA) is 49.4 Å². The molecule has 1 aliphatic rings. The first kappa shape index (κ1) is 25.7. The number of carbonyl (C=O) groups is 2. The third-order valence-electron chi connectivity index (χ3n) is 6.20. The molecule has 3 aromatic carbocycles. The number of anilines is 2. The molecule has 0 heterocycles. The predicted octanol–water partition coefficient (Wildman–Crippen LogP) is 7.12. The number of rotatable bonds is 7. The molecule has 4 rings (SSSR count). The molecule has 0 aromatic heterocycles. The molecule has 1 saturated carbocycles. The van der Waals surface area contributed by atoms with Crippen LogP contribution in [0.3, 0.4) is 0 Å². The number of aldehydes is 1. The van der Waals surface area contributed by atoms with E-state index in [-0.39, 0.29) is 12.1 Å². The molecule has 0 radical (unpaired) electrons. The van der Waals surface area contributed by atoms with Crippen molar-refractivity contribution >= 4 is 70.0 Å². The number of benzene rings is 3. The fourth-order valence-electron chi connectivity index (χ4n) is 4.09. The van der Waals surface area contributed by atoms with Gasteiger partial charge in [0.05, 0.1) is 21.0 Å². The SMILES string of the molecule is CN(C(=O)c1cc(NCC2(C=O)C(c3ccc(Cl)c(Cl)c3)C2(Cl)Cl)ccc1F)c1ccc(F)cc1. The Balaban J connectivity index is 1.55. The van der Waals surface area contributed by atoms with E-state index in [1.807, 2.05) is 0 Å². The Bertz CT molecular complexity index is 1300. The summed E-state index contributed by atoms with van der Waals surface area (Å²) in [7, 11) is 1.46. The van der Waals surface area contributed by atoms with E-state index < -0.39 is 33.2 Å². The van der Waals surface area contributed by atoms with E-state index in [1.54, 1.807) is 18.2 Å². The average molecular weight is 558 g/mol. The van der Waals surface area contributed by atoms with Crippen LogP contribution in [-0.4, -0.2) is 30.1 Å². The van der Waals surface area contributed by atoms with Crippen molar-refractivity contribution in [3.63, 3.8) is 0 Å². The Morgan fingerprint density at radius 3 is 2.34 bits per heavy atom. The zero-order chi connectivity index (χ0) is 25.5. The summed E-state index contributed by atoms with van der Waals surface area (Å²) in [6, 6.07) is 14.0. The molecule has 1 amide bonds. The van der Waals surface area contributed by atoms with Gasteiger partial charge in [-0.25, -0.2) is 8.78 Å². The van der Waals surface area contributed by atoms with Gasteiger partial charge >= 0.3 is 0 Å². The first-order valence-corrected chi connectivity index (χ1v) is 11.9. The van der Waals surface area contributed by atoms with Crippen molar-refractivity contribution in [1.82, 2.24) is 0 Å². The first-order valence-electron chi connectivity index (χ1n) is 10.4. The molecule has 0 spiro atoms. The van der Waals surface area contributed by atoms with Gasteiger partial charge in [-0.15, -0.1) is 0 Å². The van der Waals surface area contributed by atoms with Crippen LogP contribution in [-0.2, 0) is 4.79 Å². The second-order valence-corrected chi connectivity index (χ2v) is 10.5. The van der Waals surface area contributed by atoms with Crippen molar-refractivity contribution in [2.45, 2.75) is 10.3 Å². The smallest absolute Gasteiger partial charge is 0.261 e. The van der Waals surface area contributed by atoms with Crippen LogP contribution in [0, 0.1) is 17.0 Å². The standard InChI is InChI=1S/C25H18Cl4F2N2O2/c1-33(17-6-3-15(30)4-7-17)23(35)18-11-16(5-9-21(18)31)32-12-24(13-34)22(25(24,28)29)14-2-8-19(26)20(27)10-14/h2-11,13,22,32H,12H2,1H3. The van der Waals surface area contributed by atoms with E-state index in [9.17, 15) is 18.4 Å². The van der Waals surface area contributed by atoms with E-state index in [1.165, 1.54) is 48.3 Å². The number of hydrogen-bond acceptors (Lipinski definition) is 3. The first-order chi connectivity index (χ1) is 16.5. The molecule has 2 atom stereocenters. The maximum atomic E-state index is 14.5. The van der Waals surface area contributed by atoms with Crippen molar-refractivity contribution in [3.05, 3.63) is 93.5 Å². The van der Waals surface area contributed by atoms with E-state index >= 15 is 0 Å². The Hall–Kier alpha value is -2.38. The number of alkyl halides is 2. The fraction of sp³-hybridized carbons (Fsp3) is 0.200. The normalized spacial score (nSPS) is 20.3. The maximum Gasteiger partial charge on any atom is 0.261 e. The zero-order valence-electron chi connectivity index (χ0n) is 18.2. The van der Waals surface area contributed by atoms with Gasteiger partial charge in [-0.3, -0.25) is 4.79 Å². The molecule has 10 heteroatoms. The lowest BCUT2D eigenvalue weighted by molar-refractivity contribution is -0.112. The van der Waals surface area contributed by atoms with Gasteiger partial charge in [0.2, 0.25) is 0 Å². The van der Waals surface area contributed by atoms with Crippen LogP contribution in [0.4, 0.5) is 20.2 Å². The zero-order valence-corrected chi connectivity index (χ0v) is 21.2. The molecule has 4 nitrogen and oxygen atoms in total. The summed E-state index contributed by atoms with van der Waals surface area (Å²) in [4.78, 5) is 26.3. The number of hydrogen-bond donors (Lipinski definition) is 1. The van der Waals surface area contributed by atoms with Gasteiger partial charge in [0.1, 0.15) is 22.3 Å². The summed E-state index contributed by atoms with van der Waals surface area (Å²) in [5, 5.41) is 3.70. The van der Waals surface area contributed by atoms with E-state index in [0.29, 0.717) is 33.3 Å². The van der Waals surface area contributed by atoms with E-state index in [0.717, 1.165) is 6.07 Å². The van der Waals surface area contributed by atoms with Crippen LogP contribution >= 0.6 is 46.4 Å². The van der Waals surface area contributed by atoms with Gasteiger partial charge in [0.15, 0.2) is 0 Å². The van der Waals surface area contributed by atoms with Crippen molar-refractivity contribution in [1.29, 1.82) is 0 Å². The highest BCUT2D eigenvalue weighted by atomic mass is 35.5. The molecular weight excluding hydrogens is 540 g/mol. The van der Waals surface area contributed by atoms with Crippen LogP contribution in [0.15, 0.2) is 60.7 Å². The molecule has 1 N–H and O–H groups in total. The summed E-state index contributed by atoms with van der Waals surface area (Å²) in [6.45, 7) is 0.0154. The lowest BCUT2D eigenvalue weighted by Crippen LogP contribution is -2.27. The van der Waals surface area contributed by atoms with E-state index in [4.69, 9.17) is 46.4 Å². The summed E-state index contributed by atoms with van der Waals surface area (Å²) < 4.78 is 26.3. The molecule has 182 valence electrons. The highest BCUT2D eigenvalue weighted by Gasteiger charge is 2.76. The van der Waals surface area contributed by atoms with Gasteiger partial charge in [-0.05, 0) is 60.2 Å². The monoisotopic (exact) mass is 556 g/mol. The minimum atomic E-state index is -1.42. The number of nitrogens with zero attached hydrogens (tertiary/aromatic N) is 1. The minimum Gasteiger partial charge on any atom is -0.384 e. The van der Waals surface area contributed by atoms with E-state index in [2.05, 4.69) is 5.32 Å². The predicted molar refractivity (Wildman–Crippen MR) is 136 cm³/mol. The second kappa shape index (κ2) is 9.58. The van der Waals surface area contributed by atoms with Gasteiger partial charge in [0.25, 0.3) is 5.91 Å². The van der Waals surface area contributed by atoms with Gasteiger partial charge in [-0.2, -0.15) is 0 Å². The highest BCUT2D eigenvalue weighted by molar-refractivity contribution is 6.54. The third-order valence-corrected chi connectivity index (χ3v) is 8.08. The lowest BCUT2D eigenvalue weighted by atomic mass is 10.00. The van der Waals surface area contributed by atoms with Crippen LogP contribution in [0.1, 0.15) is 21.8 Å². The van der Waals surface area contributed by atoms with Crippen LogP contribution < -0.4 is 10.2 Å². The molecule has 0 aliphatic heterocycles. The molecule has 1 aliphatic carbocycles. The molecule has 3 aromatic rings. The molecule has 0 saturated heterocycles. The number of halogens is 6. The summed E-state index contributed by atoms with van der Waals surface area (Å²) in [5.74, 6) is -2.38. The van der Waals surface area contributed by atoms with Crippen molar-refractivity contribution in [3.8, 4) is 0 Å². The number of amides is 1. The molecule has 2 unspecified atom stereocenters. The summed E-state index contributed by atoms with van der Waals surface area (Å²) in [5.41, 5.74) is 0.0190. The van der Waals surface area contributed by atoms with Crippen molar-refractivity contribution in [2.24, 2.45) is 5.41 Å². The minimum absolute atomic E-state index is 0.0154. The maximum absolute atomic E-state index is 14.5. The summed E-state index contributed by atoms with van der Waals surface area (Å²) in [6.07, 6.45) is 0.686. The van der Waals surface area contributed by atoms with Gasteiger partial charge in [0, 0.05) is 30.9 Å². The Kier molecular flexibility index (Phi) is 7.04.